The Morgan fingerprint density at radius 2 is 2.06 bits per heavy atom. The van der Waals surface area contributed by atoms with E-state index in [0.29, 0.717) is 0 Å². The number of thioether (sulfide) groups is 1. The molecule has 0 atom stereocenters. The molecule has 0 N–H and O–H groups in total. The van der Waals surface area contributed by atoms with Gasteiger partial charge in [0.25, 0.3) is 0 Å². The van der Waals surface area contributed by atoms with Crippen molar-refractivity contribution in [3.8, 4) is 6.01 Å². The van der Waals surface area contributed by atoms with Crippen molar-refractivity contribution >= 4 is 43.1 Å². The Bertz CT molecular complexity index is 468. The molecule has 10 heteroatoms. The zero-order chi connectivity index (χ0) is 12.2. The molecule has 6 nitrogen and oxygen atoms in total. The van der Waals surface area contributed by atoms with Crippen molar-refractivity contribution in [2.24, 2.45) is 0 Å². The lowest BCUT2D eigenvalue weighted by Crippen LogP contribution is -2.02. The largest absolute Gasteiger partial charge is 0.467 e. The molecule has 0 aliphatic heterocycles. The van der Waals surface area contributed by atoms with Gasteiger partial charge < -0.3 is 4.74 Å². The molecule has 0 amide bonds. The van der Waals surface area contributed by atoms with Gasteiger partial charge in [0.15, 0.2) is 5.16 Å². The molecule has 1 rings (SSSR count). The van der Waals surface area contributed by atoms with Gasteiger partial charge in [0.1, 0.15) is 0 Å². The van der Waals surface area contributed by atoms with Crippen LogP contribution in [0.25, 0.3) is 0 Å². The predicted octanol–water partition coefficient (Wildman–Crippen LogP) is 1.19. The van der Waals surface area contributed by atoms with E-state index in [1.54, 1.807) is 0 Å². The quantitative estimate of drug-likeness (QED) is 0.597. The lowest BCUT2D eigenvalue weighted by molar-refractivity contribution is 0.373. The third kappa shape index (κ3) is 5.15. The van der Waals surface area contributed by atoms with E-state index in [2.05, 4.69) is 15.0 Å². The molecule has 0 spiro atoms. The molecule has 1 aromatic heterocycles. The molecule has 0 fully saturated rings. The lowest BCUT2D eigenvalue weighted by atomic mass is 11.0. The molecule has 0 radical (unpaired) electrons. The maximum atomic E-state index is 10.7. The number of nitrogens with zero attached hydrogens (tertiary/aromatic N) is 3. The summed E-state index contributed by atoms with van der Waals surface area (Å²) in [6.45, 7) is 0. The first-order valence-electron chi connectivity index (χ1n) is 3.91. The lowest BCUT2D eigenvalue weighted by Gasteiger charge is -2.01. The summed E-state index contributed by atoms with van der Waals surface area (Å²) in [6, 6.07) is 0.0798. The highest BCUT2D eigenvalue weighted by Gasteiger charge is 2.09. The van der Waals surface area contributed by atoms with E-state index in [1.807, 2.05) is 0 Å². The van der Waals surface area contributed by atoms with E-state index < -0.39 is 9.05 Å². The second-order valence-electron chi connectivity index (χ2n) is 2.47. The molecule has 1 heterocycles. The first-order chi connectivity index (χ1) is 7.40. The van der Waals surface area contributed by atoms with E-state index in [-0.39, 0.29) is 28.0 Å². The Hall–Kier alpha value is -0.310. The molecule has 0 saturated heterocycles. The van der Waals surface area contributed by atoms with E-state index in [0.717, 1.165) is 11.8 Å². The summed E-state index contributed by atoms with van der Waals surface area (Å²) in [5, 5.41) is 0.278. The van der Waals surface area contributed by atoms with Crippen molar-refractivity contribution in [2.75, 3.05) is 18.6 Å². The summed E-state index contributed by atoms with van der Waals surface area (Å²) in [6.07, 6.45) is 0. The van der Waals surface area contributed by atoms with Crippen molar-refractivity contribution in [1.82, 2.24) is 15.0 Å². The second-order valence-corrected chi connectivity index (χ2v) is 6.76. The van der Waals surface area contributed by atoms with E-state index >= 15 is 0 Å². The van der Waals surface area contributed by atoms with Crippen molar-refractivity contribution in [1.29, 1.82) is 0 Å². The molecule has 0 unspecified atom stereocenters. The Morgan fingerprint density at radius 3 is 2.62 bits per heavy atom. The number of ether oxygens (including phenoxy) is 1. The van der Waals surface area contributed by atoms with Crippen LogP contribution in [-0.4, -0.2) is 42.0 Å². The number of rotatable bonds is 5. The molecule has 16 heavy (non-hydrogen) atoms. The maximum Gasteiger partial charge on any atom is 0.321 e. The molecular formula is C6H7Cl2N3O3S2. The fourth-order valence-corrected chi connectivity index (χ4v) is 3.08. The number of aromatic nitrogens is 3. The van der Waals surface area contributed by atoms with Crippen LogP contribution in [0, 0.1) is 0 Å². The normalized spacial score (nSPS) is 11.4. The summed E-state index contributed by atoms with van der Waals surface area (Å²) in [4.78, 5) is 11.3. The molecule has 0 bridgehead atoms. The van der Waals surface area contributed by atoms with Gasteiger partial charge in [-0.3, -0.25) is 0 Å². The summed E-state index contributed by atoms with van der Waals surface area (Å²) in [5.74, 6) is 0.0557. The van der Waals surface area contributed by atoms with Crippen LogP contribution in [-0.2, 0) is 9.05 Å². The summed E-state index contributed by atoms with van der Waals surface area (Å²) >= 11 is 6.70. The average Bonchev–Trinajstić information content (AvgIpc) is 2.14. The zero-order valence-corrected chi connectivity index (χ0v) is 11.2. The van der Waals surface area contributed by atoms with Crippen molar-refractivity contribution in [3.05, 3.63) is 5.28 Å². The SMILES string of the molecule is COc1nc(Cl)nc(SCCS(=O)(=O)Cl)n1. The highest BCUT2D eigenvalue weighted by atomic mass is 35.7. The van der Waals surface area contributed by atoms with Crippen LogP contribution in [0.3, 0.4) is 0 Å². The van der Waals surface area contributed by atoms with Crippen molar-refractivity contribution < 1.29 is 13.2 Å². The van der Waals surface area contributed by atoms with Crippen LogP contribution in [0.4, 0.5) is 0 Å². The zero-order valence-electron chi connectivity index (χ0n) is 8.05. The van der Waals surface area contributed by atoms with Gasteiger partial charge in [0, 0.05) is 16.4 Å². The van der Waals surface area contributed by atoms with Gasteiger partial charge in [-0.2, -0.15) is 15.0 Å². The van der Waals surface area contributed by atoms with Crippen molar-refractivity contribution in [3.63, 3.8) is 0 Å². The van der Waals surface area contributed by atoms with Gasteiger partial charge in [-0.15, -0.1) is 0 Å². The number of halogens is 2. The molecule has 0 saturated carbocycles. The first kappa shape index (κ1) is 13.8. The molecule has 0 aliphatic rings. The van der Waals surface area contributed by atoms with Crippen molar-refractivity contribution in [2.45, 2.75) is 5.16 Å². The van der Waals surface area contributed by atoms with Gasteiger partial charge in [-0.05, 0) is 11.6 Å². The first-order valence-corrected chi connectivity index (χ1v) is 7.75. The van der Waals surface area contributed by atoms with E-state index in [1.165, 1.54) is 7.11 Å². The van der Waals surface area contributed by atoms with Gasteiger partial charge in [-0.25, -0.2) is 8.42 Å². The van der Waals surface area contributed by atoms with Gasteiger partial charge in [0.05, 0.1) is 12.9 Å². The van der Waals surface area contributed by atoms with Crippen LogP contribution in [0.1, 0.15) is 0 Å². The van der Waals surface area contributed by atoms with Crippen LogP contribution >= 0.6 is 34.0 Å². The molecule has 90 valence electrons. The van der Waals surface area contributed by atoms with E-state index in [4.69, 9.17) is 27.0 Å². The van der Waals surface area contributed by atoms with Crippen LogP contribution in [0.2, 0.25) is 5.28 Å². The van der Waals surface area contributed by atoms with E-state index in [9.17, 15) is 8.42 Å². The second kappa shape index (κ2) is 5.85. The standard InChI is InChI=1S/C6H7Cl2N3O3S2/c1-14-5-9-4(7)10-6(11-5)15-2-3-16(8,12)13/h2-3H2,1H3. The summed E-state index contributed by atoms with van der Waals surface area (Å²) < 4.78 is 26.1. The third-order valence-corrected chi connectivity index (χ3v) is 3.74. The number of hydrogen-bond donors (Lipinski definition) is 0. The molecule has 0 aliphatic carbocycles. The maximum absolute atomic E-state index is 10.7. The Kier molecular flexibility index (Phi) is 5.03. The highest BCUT2D eigenvalue weighted by Crippen LogP contribution is 2.18. The minimum absolute atomic E-state index is 0.0110. The minimum atomic E-state index is -3.50. The van der Waals surface area contributed by atoms with Gasteiger partial charge >= 0.3 is 6.01 Å². The van der Waals surface area contributed by atoms with Crippen LogP contribution in [0.15, 0.2) is 5.16 Å². The van der Waals surface area contributed by atoms with Crippen LogP contribution < -0.4 is 4.74 Å². The number of methoxy groups -OCH3 is 1. The third-order valence-electron chi connectivity index (χ3n) is 1.31. The average molecular weight is 304 g/mol. The van der Waals surface area contributed by atoms with Gasteiger partial charge in [-0.1, -0.05) is 11.8 Å². The fourth-order valence-electron chi connectivity index (χ4n) is 0.703. The number of hydrogen-bond acceptors (Lipinski definition) is 7. The monoisotopic (exact) mass is 303 g/mol. The Balaban J connectivity index is 2.63. The summed E-state index contributed by atoms with van der Waals surface area (Å²) in [5.41, 5.74) is 0. The van der Waals surface area contributed by atoms with Crippen LogP contribution in [0.5, 0.6) is 6.01 Å². The Morgan fingerprint density at radius 1 is 1.38 bits per heavy atom. The Labute approximate surface area is 106 Å². The molecular weight excluding hydrogens is 297 g/mol. The van der Waals surface area contributed by atoms with Gasteiger partial charge in [0.2, 0.25) is 14.3 Å². The molecule has 1 aromatic rings. The fraction of sp³-hybridized carbons (Fsp3) is 0.500. The highest BCUT2D eigenvalue weighted by molar-refractivity contribution is 8.14. The minimum Gasteiger partial charge on any atom is -0.467 e. The molecule has 0 aromatic carbocycles. The smallest absolute Gasteiger partial charge is 0.321 e. The topological polar surface area (TPSA) is 82.0 Å². The predicted molar refractivity (Wildman–Crippen MR) is 61.8 cm³/mol. The summed E-state index contributed by atoms with van der Waals surface area (Å²) in [7, 11) is 2.93.